The van der Waals surface area contributed by atoms with Crippen LogP contribution in [0.25, 0.3) is 0 Å². The van der Waals surface area contributed by atoms with Crippen LogP contribution in [0.2, 0.25) is 0 Å². The number of nitrogens with two attached hydrogens (primary N) is 2. The molecule has 2 atom stereocenters. The zero-order valence-electron chi connectivity index (χ0n) is 9.96. The Bertz CT molecular complexity index is 347. The van der Waals surface area contributed by atoms with Gasteiger partial charge in [0, 0.05) is 19.1 Å². The largest absolute Gasteiger partial charge is 0.480 e. The molecule has 1 unspecified atom stereocenters. The van der Waals surface area contributed by atoms with Crippen LogP contribution in [0.1, 0.15) is 19.3 Å². The van der Waals surface area contributed by atoms with Gasteiger partial charge in [-0.2, -0.15) is 0 Å². The molecule has 0 aliphatic carbocycles. The van der Waals surface area contributed by atoms with Gasteiger partial charge in [-0.1, -0.05) is 0 Å². The first-order chi connectivity index (χ1) is 8.40. The first-order valence-corrected chi connectivity index (χ1v) is 5.72. The van der Waals surface area contributed by atoms with Crippen LogP contribution in [0.15, 0.2) is 0 Å². The molecule has 0 saturated carbocycles. The van der Waals surface area contributed by atoms with Crippen LogP contribution < -0.4 is 16.8 Å². The number of hydrogen-bond acceptors (Lipinski definition) is 4. The maximum atomic E-state index is 11.8. The van der Waals surface area contributed by atoms with Crippen molar-refractivity contribution in [2.75, 3.05) is 13.1 Å². The number of urea groups is 1. The van der Waals surface area contributed by atoms with Gasteiger partial charge in [-0.15, -0.1) is 0 Å². The summed E-state index contributed by atoms with van der Waals surface area (Å²) in [5.41, 5.74) is 10.6. The molecule has 0 aromatic heterocycles. The number of hydrogen-bond donors (Lipinski definition) is 4. The normalized spacial score (nSPS) is 21.2. The maximum Gasteiger partial charge on any atom is 0.326 e. The molecule has 1 aliphatic rings. The molecule has 8 heteroatoms. The second kappa shape index (κ2) is 6.20. The van der Waals surface area contributed by atoms with Crippen molar-refractivity contribution in [2.45, 2.75) is 31.3 Å². The Morgan fingerprint density at radius 3 is 2.61 bits per heavy atom. The number of amides is 3. The first kappa shape index (κ1) is 14.2. The average Bonchev–Trinajstić information content (AvgIpc) is 2.27. The molecule has 102 valence electrons. The number of rotatable bonds is 4. The fourth-order valence-electron chi connectivity index (χ4n) is 1.84. The van der Waals surface area contributed by atoms with E-state index in [-0.39, 0.29) is 6.04 Å². The van der Waals surface area contributed by atoms with Crippen LogP contribution >= 0.6 is 0 Å². The van der Waals surface area contributed by atoms with Gasteiger partial charge in [0.05, 0.1) is 6.42 Å². The molecule has 1 fully saturated rings. The lowest BCUT2D eigenvalue weighted by Crippen LogP contribution is -2.53. The number of carboxylic acids is 1. The summed E-state index contributed by atoms with van der Waals surface area (Å²) in [6.45, 7) is 0.914. The summed E-state index contributed by atoms with van der Waals surface area (Å²) >= 11 is 0. The molecule has 0 bridgehead atoms. The highest BCUT2D eigenvalue weighted by molar-refractivity contribution is 5.87. The molecule has 0 spiro atoms. The van der Waals surface area contributed by atoms with Gasteiger partial charge in [-0.05, 0) is 12.8 Å². The standard InChI is InChI=1S/C10H18N4O4/c11-6-2-1-3-14(5-6)10(18)13-7(9(16)17)4-8(12)15/h6-7H,1-5,11H2,(H2,12,15)(H,13,18)(H,16,17)/t6?,7-/m1/s1. The predicted octanol–water partition coefficient (Wildman–Crippen LogP) is -1.55. The van der Waals surface area contributed by atoms with E-state index in [9.17, 15) is 14.4 Å². The van der Waals surface area contributed by atoms with Gasteiger partial charge in [0.1, 0.15) is 6.04 Å². The lowest BCUT2D eigenvalue weighted by molar-refractivity contribution is -0.141. The van der Waals surface area contributed by atoms with Crippen LogP contribution in [0.3, 0.4) is 0 Å². The Balaban J connectivity index is 2.54. The third-order valence-electron chi connectivity index (χ3n) is 2.75. The first-order valence-electron chi connectivity index (χ1n) is 5.72. The average molecular weight is 258 g/mol. The molecule has 1 heterocycles. The minimum atomic E-state index is -1.30. The molecular weight excluding hydrogens is 240 g/mol. The molecule has 18 heavy (non-hydrogen) atoms. The summed E-state index contributed by atoms with van der Waals surface area (Å²) < 4.78 is 0. The van der Waals surface area contributed by atoms with Crippen LogP contribution in [0.4, 0.5) is 4.79 Å². The number of likely N-dealkylation sites (tertiary alicyclic amines) is 1. The molecule has 0 aromatic carbocycles. The summed E-state index contributed by atoms with van der Waals surface area (Å²) in [5, 5.41) is 11.1. The van der Waals surface area contributed by atoms with Crippen LogP contribution in [-0.4, -0.2) is 53.1 Å². The van der Waals surface area contributed by atoms with Gasteiger partial charge < -0.3 is 26.8 Å². The Morgan fingerprint density at radius 1 is 1.44 bits per heavy atom. The number of carbonyl (C=O) groups excluding carboxylic acids is 2. The smallest absolute Gasteiger partial charge is 0.326 e. The van der Waals surface area contributed by atoms with Crippen LogP contribution in [-0.2, 0) is 9.59 Å². The molecule has 0 radical (unpaired) electrons. The molecule has 3 amide bonds. The topological polar surface area (TPSA) is 139 Å². The predicted molar refractivity (Wildman–Crippen MR) is 62.5 cm³/mol. The van der Waals surface area contributed by atoms with Crippen LogP contribution in [0.5, 0.6) is 0 Å². The zero-order chi connectivity index (χ0) is 13.7. The third-order valence-corrected chi connectivity index (χ3v) is 2.75. The molecule has 1 aliphatic heterocycles. The SMILES string of the molecule is NC(=O)C[C@@H](NC(=O)N1CCCC(N)C1)C(=O)O. The minimum absolute atomic E-state index is 0.0936. The number of primary amides is 1. The van der Waals surface area contributed by atoms with Crippen molar-refractivity contribution >= 4 is 17.9 Å². The number of carbonyl (C=O) groups is 3. The fraction of sp³-hybridized carbons (Fsp3) is 0.700. The fourth-order valence-corrected chi connectivity index (χ4v) is 1.84. The lowest BCUT2D eigenvalue weighted by Gasteiger charge is -2.31. The van der Waals surface area contributed by atoms with Crippen LogP contribution in [0, 0.1) is 0 Å². The molecule has 1 saturated heterocycles. The Morgan fingerprint density at radius 2 is 2.11 bits per heavy atom. The molecule has 8 nitrogen and oxygen atoms in total. The number of piperidine rings is 1. The molecule has 1 rings (SSSR count). The van der Waals surface area contributed by atoms with E-state index in [2.05, 4.69) is 5.32 Å². The van der Waals surface area contributed by atoms with E-state index >= 15 is 0 Å². The van der Waals surface area contributed by atoms with E-state index in [4.69, 9.17) is 16.6 Å². The van der Waals surface area contributed by atoms with Crippen molar-refractivity contribution in [3.63, 3.8) is 0 Å². The van der Waals surface area contributed by atoms with Crippen molar-refractivity contribution < 1.29 is 19.5 Å². The molecule has 0 aromatic rings. The molecular formula is C10H18N4O4. The summed E-state index contributed by atoms with van der Waals surface area (Å²) in [4.78, 5) is 34.8. The number of carboxylic acid groups (broad SMARTS) is 1. The minimum Gasteiger partial charge on any atom is -0.480 e. The Labute approximate surface area is 104 Å². The highest BCUT2D eigenvalue weighted by atomic mass is 16.4. The van der Waals surface area contributed by atoms with Crippen molar-refractivity contribution in [2.24, 2.45) is 11.5 Å². The monoisotopic (exact) mass is 258 g/mol. The Kier molecular flexibility index (Phi) is 4.90. The second-order valence-electron chi connectivity index (χ2n) is 4.36. The summed E-state index contributed by atoms with van der Waals surface area (Å²) in [5.74, 6) is -2.07. The van der Waals surface area contributed by atoms with Gasteiger partial charge in [0.25, 0.3) is 0 Å². The van der Waals surface area contributed by atoms with Gasteiger partial charge in [0.2, 0.25) is 5.91 Å². The number of nitrogens with one attached hydrogen (secondary N) is 1. The van der Waals surface area contributed by atoms with Crippen molar-refractivity contribution in [3.05, 3.63) is 0 Å². The number of nitrogens with zero attached hydrogens (tertiary/aromatic N) is 1. The van der Waals surface area contributed by atoms with Crippen molar-refractivity contribution in [1.29, 1.82) is 0 Å². The van der Waals surface area contributed by atoms with Gasteiger partial charge in [-0.25, -0.2) is 9.59 Å². The maximum absolute atomic E-state index is 11.8. The Hall–Kier alpha value is -1.83. The summed E-state index contributed by atoms with van der Waals surface area (Å²) in [6, 6.07) is -1.92. The van der Waals surface area contributed by atoms with Crippen molar-refractivity contribution in [1.82, 2.24) is 10.2 Å². The van der Waals surface area contributed by atoms with E-state index < -0.39 is 30.4 Å². The summed E-state index contributed by atoms with van der Waals surface area (Å²) in [6.07, 6.45) is 1.19. The number of aliphatic carboxylic acids is 1. The third kappa shape index (κ3) is 4.21. The van der Waals surface area contributed by atoms with Gasteiger partial charge in [0.15, 0.2) is 0 Å². The highest BCUT2D eigenvalue weighted by Crippen LogP contribution is 2.08. The highest BCUT2D eigenvalue weighted by Gasteiger charge is 2.27. The van der Waals surface area contributed by atoms with Gasteiger partial charge >= 0.3 is 12.0 Å². The lowest BCUT2D eigenvalue weighted by atomic mass is 10.1. The van der Waals surface area contributed by atoms with E-state index in [1.165, 1.54) is 4.90 Å². The summed E-state index contributed by atoms with van der Waals surface area (Å²) in [7, 11) is 0. The second-order valence-corrected chi connectivity index (χ2v) is 4.36. The van der Waals surface area contributed by atoms with E-state index in [0.717, 1.165) is 12.8 Å². The molecule has 6 N–H and O–H groups in total. The van der Waals surface area contributed by atoms with Gasteiger partial charge in [-0.3, -0.25) is 4.79 Å². The zero-order valence-corrected chi connectivity index (χ0v) is 9.96. The van der Waals surface area contributed by atoms with E-state index in [0.29, 0.717) is 13.1 Å². The van der Waals surface area contributed by atoms with E-state index in [1.807, 2.05) is 0 Å². The van der Waals surface area contributed by atoms with Crippen molar-refractivity contribution in [3.8, 4) is 0 Å². The van der Waals surface area contributed by atoms with E-state index in [1.54, 1.807) is 0 Å². The quantitative estimate of drug-likeness (QED) is 0.483.